The Balaban J connectivity index is 2.21. The number of hydrogen-bond donors (Lipinski definition) is 3. The summed E-state index contributed by atoms with van der Waals surface area (Å²) in [6, 6.07) is 5.13. The Morgan fingerprint density at radius 2 is 1.95 bits per heavy atom. The minimum absolute atomic E-state index is 0.169. The fourth-order valence-corrected chi connectivity index (χ4v) is 4.30. The second-order valence-electron chi connectivity index (χ2n) is 5.66. The summed E-state index contributed by atoms with van der Waals surface area (Å²) in [6.45, 7) is 2.76. The van der Waals surface area contributed by atoms with Crippen molar-refractivity contribution in [1.29, 1.82) is 0 Å². The largest absolute Gasteiger partial charge is 0.394 e. The predicted molar refractivity (Wildman–Crippen MR) is 85.4 cm³/mol. The van der Waals surface area contributed by atoms with Crippen molar-refractivity contribution in [2.75, 3.05) is 31.6 Å². The Hall–Kier alpha value is -1.15. The van der Waals surface area contributed by atoms with Crippen LogP contribution in [0.2, 0.25) is 0 Å². The monoisotopic (exact) mass is 328 g/mol. The molecule has 1 aromatic rings. The van der Waals surface area contributed by atoms with Gasteiger partial charge in [-0.05, 0) is 37.5 Å². The number of piperidine rings is 1. The van der Waals surface area contributed by atoms with E-state index in [1.807, 2.05) is 0 Å². The van der Waals surface area contributed by atoms with Crippen LogP contribution in [-0.2, 0) is 10.0 Å². The van der Waals surface area contributed by atoms with Crippen LogP contribution in [0.3, 0.4) is 0 Å². The van der Waals surface area contributed by atoms with Gasteiger partial charge in [-0.25, -0.2) is 8.42 Å². The third-order valence-corrected chi connectivity index (χ3v) is 5.91. The van der Waals surface area contributed by atoms with E-state index < -0.39 is 16.1 Å². The van der Waals surface area contributed by atoms with E-state index in [4.69, 9.17) is 5.11 Å². The fraction of sp³-hybridized carbons (Fsp3) is 0.600. The highest BCUT2D eigenvalue weighted by atomic mass is 32.2. The van der Waals surface area contributed by atoms with Gasteiger partial charge in [0.1, 0.15) is 0 Å². The molecule has 7 heteroatoms. The van der Waals surface area contributed by atoms with Crippen molar-refractivity contribution in [2.45, 2.75) is 37.2 Å². The highest BCUT2D eigenvalue weighted by Gasteiger charge is 2.27. The van der Waals surface area contributed by atoms with E-state index in [1.54, 1.807) is 29.4 Å². The van der Waals surface area contributed by atoms with E-state index in [9.17, 15) is 13.5 Å². The van der Waals surface area contributed by atoms with Crippen molar-refractivity contribution >= 4 is 15.7 Å². The molecule has 1 fully saturated rings. The zero-order valence-corrected chi connectivity index (χ0v) is 13.6. The van der Waals surface area contributed by atoms with Crippen LogP contribution in [-0.4, -0.2) is 55.3 Å². The molecule has 124 valence electrons. The third-order valence-electron chi connectivity index (χ3n) is 3.87. The summed E-state index contributed by atoms with van der Waals surface area (Å²) in [5.41, 5.74) is 1.33. The lowest BCUT2D eigenvalue weighted by Crippen LogP contribution is -2.36. The molecule has 6 nitrogen and oxygen atoms in total. The van der Waals surface area contributed by atoms with E-state index in [2.05, 4.69) is 5.32 Å². The zero-order chi connectivity index (χ0) is 16.2. The average molecular weight is 328 g/mol. The van der Waals surface area contributed by atoms with Crippen LogP contribution in [0, 0.1) is 6.92 Å². The minimum atomic E-state index is -3.48. The maximum atomic E-state index is 12.8. The number of aliphatic hydroxyl groups excluding tert-OH is 2. The van der Waals surface area contributed by atoms with Crippen molar-refractivity contribution in [2.24, 2.45) is 0 Å². The third kappa shape index (κ3) is 3.98. The van der Waals surface area contributed by atoms with E-state index in [1.165, 1.54) is 0 Å². The van der Waals surface area contributed by atoms with Crippen LogP contribution in [0.1, 0.15) is 24.8 Å². The summed E-state index contributed by atoms with van der Waals surface area (Å²) >= 11 is 0. The lowest BCUT2D eigenvalue weighted by molar-refractivity contribution is 0.105. The van der Waals surface area contributed by atoms with E-state index in [-0.39, 0.29) is 13.2 Å². The van der Waals surface area contributed by atoms with Gasteiger partial charge >= 0.3 is 0 Å². The molecule has 1 aliphatic heterocycles. The molecule has 1 unspecified atom stereocenters. The zero-order valence-electron chi connectivity index (χ0n) is 12.8. The van der Waals surface area contributed by atoms with Crippen LogP contribution in [0.4, 0.5) is 5.69 Å². The second-order valence-corrected chi connectivity index (χ2v) is 7.57. The van der Waals surface area contributed by atoms with Gasteiger partial charge in [0, 0.05) is 25.3 Å². The molecule has 0 bridgehead atoms. The maximum Gasteiger partial charge on any atom is 0.243 e. The number of anilines is 1. The van der Waals surface area contributed by atoms with Gasteiger partial charge in [-0.1, -0.05) is 12.5 Å². The average Bonchev–Trinajstić information content (AvgIpc) is 2.54. The number of sulfonamides is 1. The van der Waals surface area contributed by atoms with E-state index in [0.29, 0.717) is 29.2 Å². The maximum absolute atomic E-state index is 12.8. The van der Waals surface area contributed by atoms with Gasteiger partial charge in [0.25, 0.3) is 0 Å². The second kappa shape index (κ2) is 7.41. The first-order chi connectivity index (χ1) is 10.4. The standard InChI is InChI=1S/C15H24N2O4S/c1-12-5-6-13(16-10-14(19)11-18)9-15(12)22(20,21)17-7-3-2-4-8-17/h5-6,9,14,16,18-19H,2-4,7-8,10-11H2,1H3. The summed E-state index contributed by atoms with van der Waals surface area (Å²) in [6.07, 6.45) is 2.01. The molecule has 0 radical (unpaired) electrons. The molecular weight excluding hydrogens is 304 g/mol. The Morgan fingerprint density at radius 3 is 2.59 bits per heavy atom. The topological polar surface area (TPSA) is 89.9 Å². The van der Waals surface area contributed by atoms with Gasteiger partial charge in [-0.2, -0.15) is 4.31 Å². The minimum Gasteiger partial charge on any atom is -0.394 e. The number of nitrogens with zero attached hydrogens (tertiary/aromatic N) is 1. The number of hydrogen-bond acceptors (Lipinski definition) is 5. The number of rotatable bonds is 6. The van der Waals surface area contributed by atoms with Crippen molar-refractivity contribution in [1.82, 2.24) is 4.31 Å². The lowest BCUT2D eigenvalue weighted by atomic mass is 10.2. The Bertz CT molecular complexity index is 598. The molecule has 0 spiro atoms. The lowest BCUT2D eigenvalue weighted by Gasteiger charge is -2.26. The quantitative estimate of drug-likeness (QED) is 0.723. The SMILES string of the molecule is Cc1ccc(NCC(O)CO)cc1S(=O)(=O)N1CCCCC1. The normalized spacial score (nSPS) is 18.1. The molecule has 0 saturated carbocycles. The van der Waals surface area contributed by atoms with Crippen LogP contribution >= 0.6 is 0 Å². The van der Waals surface area contributed by atoms with E-state index in [0.717, 1.165) is 19.3 Å². The number of nitrogens with one attached hydrogen (secondary N) is 1. The van der Waals surface area contributed by atoms with Gasteiger partial charge in [0.2, 0.25) is 10.0 Å². The number of benzene rings is 1. The van der Waals surface area contributed by atoms with Crippen molar-refractivity contribution in [3.63, 3.8) is 0 Å². The number of aliphatic hydroxyl groups is 2. The first kappa shape index (κ1) is 17.2. The molecule has 1 aliphatic rings. The summed E-state index contributed by atoms with van der Waals surface area (Å²) in [7, 11) is -3.48. The van der Waals surface area contributed by atoms with Crippen molar-refractivity contribution in [3.05, 3.63) is 23.8 Å². The van der Waals surface area contributed by atoms with Crippen molar-refractivity contribution < 1.29 is 18.6 Å². The molecular formula is C15H24N2O4S. The fourth-order valence-electron chi connectivity index (χ4n) is 2.53. The molecule has 1 atom stereocenters. The molecule has 0 aliphatic carbocycles. The van der Waals surface area contributed by atoms with Crippen LogP contribution in [0.15, 0.2) is 23.1 Å². The molecule has 2 rings (SSSR count). The molecule has 0 amide bonds. The van der Waals surface area contributed by atoms with Crippen molar-refractivity contribution in [3.8, 4) is 0 Å². The van der Waals surface area contributed by atoms with Crippen LogP contribution in [0.5, 0.6) is 0 Å². The summed E-state index contributed by atoms with van der Waals surface area (Å²) in [5.74, 6) is 0. The molecule has 1 saturated heterocycles. The van der Waals surface area contributed by atoms with Gasteiger partial charge < -0.3 is 15.5 Å². The first-order valence-corrected chi connectivity index (χ1v) is 9.03. The molecule has 1 aromatic carbocycles. The van der Waals surface area contributed by atoms with Gasteiger partial charge in [0.05, 0.1) is 17.6 Å². The highest BCUT2D eigenvalue weighted by molar-refractivity contribution is 7.89. The van der Waals surface area contributed by atoms with E-state index >= 15 is 0 Å². The molecule has 3 N–H and O–H groups in total. The van der Waals surface area contributed by atoms with Gasteiger partial charge in [-0.3, -0.25) is 0 Å². The predicted octanol–water partition coefficient (Wildman–Crippen LogP) is 0.935. The molecule has 1 heterocycles. The van der Waals surface area contributed by atoms with Gasteiger partial charge in [-0.15, -0.1) is 0 Å². The summed E-state index contributed by atoms with van der Waals surface area (Å²) < 4.78 is 27.1. The number of aryl methyl sites for hydroxylation is 1. The smallest absolute Gasteiger partial charge is 0.243 e. The van der Waals surface area contributed by atoms with Crippen LogP contribution in [0.25, 0.3) is 0 Å². The molecule has 22 heavy (non-hydrogen) atoms. The van der Waals surface area contributed by atoms with Crippen LogP contribution < -0.4 is 5.32 Å². The molecule has 0 aromatic heterocycles. The Labute approximate surface area is 131 Å². The summed E-state index contributed by atoms with van der Waals surface area (Å²) in [5, 5.41) is 21.1. The summed E-state index contributed by atoms with van der Waals surface area (Å²) in [4.78, 5) is 0.304. The highest BCUT2D eigenvalue weighted by Crippen LogP contribution is 2.25. The van der Waals surface area contributed by atoms with Gasteiger partial charge in [0.15, 0.2) is 0 Å². The first-order valence-electron chi connectivity index (χ1n) is 7.58. The Morgan fingerprint density at radius 1 is 1.27 bits per heavy atom. The Kier molecular flexibility index (Phi) is 5.80.